The Hall–Kier alpha value is -2.03. The fourth-order valence-electron chi connectivity index (χ4n) is 2.41. The van der Waals surface area contributed by atoms with Gasteiger partial charge in [-0.3, -0.25) is 4.79 Å². The fourth-order valence-corrected chi connectivity index (χ4v) is 2.71. The largest absolute Gasteiger partial charge is 0.480 e. The van der Waals surface area contributed by atoms with Crippen LogP contribution in [0, 0.1) is 0 Å². The number of piperidine rings is 1. The van der Waals surface area contributed by atoms with E-state index < -0.39 is 17.9 Å². The fraction of sp³-hybridized carbons (Fsp3) is 0.417. The number of amides is 1. The number of carboxylic acid groups (broad SMARTS) is 1. The SMILES string of the molecule is O=C(O)C1CCCCN1C(=O)c1nc2ncc(Br)cn2n1. The number of aliphatic carboxylic acids is 1. The van der Waals surface area contributed by atoms with Gasteiger partial charge < -0.3 is 10.0 Å². The number of halogens is 1. The Balaban J connectivity index is 1.93. The van der Waals surface area contributed by atoms with Gasteiger partial charge in [0.25, 0.3) is 11.7 Å². The molecular formula is C12H12BrN5O3. The summed E-state index contributed by atoms with van der Waals surface area (Å²) in [5.74, 6) is -1.20. The molecule has 0 aromatic carbocycles. The molecule has 1 unspecified atom stereocenters. The van der Waals surface area contributed by atoms with E-state index >= 15 is 0 Å². The number of hydrogen-bond donors (Lipinski definition) is 1. The standard InChI is InChI=1S/C12H12BrN5O3/c13-7-5-14-12-15-9(16-18(12)6-7)10(19)17-4-2-1-3-8(17)11(20)21/h5-6,8H,1-4H2,(H,20,21). The third kappa shape index (κ3) is 2.60. The van der Waals surface area contributed by atoms with E-state index in [2.05, 4.69) is 31.0 Å². The van der Waals surface area contributed by atoms with E-state index in [4.69, 9.17) is 0 Å². The maximum atomic E-state index is 12.5. The monoisotopic (exact) mass is 353 g/mol. The number of hydrogen-bond acceptors (Lipinski definition) is 5. The quantitative estimate of drug-likeness (QED) is 0.862. The zero-order chi connectivity index (χ0) is 15.0. The number of aromatic nitrogens is 4. The van der Waals surface area contributed by atoms with Crippen LogP contribution < -0.4 is 0 Å². The first-order valence-corrected chi connectivity index (χ1v) is 7.27. The lowest BCUT2D eigenvalue weighted by Gasteiger charge is -2.31. The van der Waals surface area contributed by atoms with Gasteiger partial charge in [-0.15, -0.1) is 5.10 Å². The highest BCUT2D eigenvalue weighted by Gasteiger charge is 2.34. The topological polar surface area (TPSA) is 101 Å². The molecule has 0 saturated carbocycles. The second-order valence-electron chi connectivity index (χ2n) is 4.80. The number of rotatable bonds is 2. The predicted molar refractivity (Wildman–Crippen MR) is 74.8 cm³/mol. The molecule has 1 amide bonds. The van der Waals surface area contributed by atoms with Crippen LogP contribution in [0.5, 0.6) is 0 Å². The number of carboxylic acids is 1. The first kappa shape index (κ1) is 13.9. The summed E-state index contributed by atoms with van der Waals surface area (Å²) < 4.78 is 2.09. The Bertz CT molecular complexity index is 716. The Kier molecular flexibility index (Phi) is 3.58. The van der Waals surface area contributed by atoms with Crippen LogP contribution >= 0.6 is 15.9 Å². The maximum Gasteiger partial charge on any atom is 0.326 e. The molecule has 2 aromatic rings. The van der Waals surface area contributed by atoms with Crippen LogP contribution in [0.2, 0.25) is 0 Å². The summed E-state index contributed by atoms with van der Waals surface area (Å²) in [5.41, 5.74) is 0. The number of carbonyl (C=O) groups is 2. The van der Waals surface area contributed by atoms with Crippen molar-refractivity contribution in [1.82, 2.24) is 24.5 Å². The number of likely N-dealkylation sites (tertiary alicyclic amines) is 1. The summed E-state index contributed by atoms with van der Waals surface area (Å²) in [4.78, 5) is 33.1. The van der Waals surface area contributed by atoms with Crippen molar-refractivity contribution in [2.75, 3.05) is 6.54 Å². The van der Waals surface area contributed by atoms with Crippen LogP contribution in [0.25, 0.3) is 5.78 Å². The molecule has 1 atom stereocenters. The van der Waals surface area contributed by atoms with Gasteiger partial charge in [0.15, 0.2) is 0 Å². The van der Waals surface area contributed by atoms with Crippen molar-refractivity contribution in [3.8, 4) is 0 Å². The molecule has 0 aliphatic carbocycles. The molecule has 0 bridgehead atoms. The van der Waals surface area contributed by atoms with Gasteiger partial charge in [-0.2, -0.15) is 4.98 Å². The van der Waals surface area contributed by atoms with Gasteiger partial charge in [0, 0.05) is 18.9 Å². The summed E-state index contributed by atoms with van der Waals surface area (Å²) in [5, 5.41) is 13.3. The lowest BCUT2D eigenvalue weighted by molar-refractivity contribution is -0.143. The van der Waals surface area contributed by atoms with E-state index in [9.17, 15) is 14.7 Å². The highest BCUT2D eigenvalue weighted by molar-refractivity contribution is 9.10. The zero-order valence-corrected chi connectivity index (χ0v) is 12.5. The van der Waals surface area contributed by atoms with E-state index in [1.54, 1.807) is 12.4 Å². The molecule has 1 saturated heterocycles. The van der Waals surface area contributed by atoms with Crippen LogP contribution in [-0.2, 0) is 4.79 Å². The van der Waals surface area contributed by atoms with Crippen LogP contribution in [0.4, 0.5) is 0 Å². The highest BCUT2D eigenvalue weighted by Crippen LogP contribution is 2.19. The average molecular weight is 354 g/mol. The molecule has 1 aliphatic rings. The van der Waals surface area contributed by atoms with Crippen LogP contribution in [0.15, 0.2) is 16.9 Å². The lowest BCUT2D eigenvalue weighted by Crippen LogP contribution is -2.48. The van der Waals surface area contributed by atoms with Crippen molar-refractivity contribution in [3.63, 3.8) is 0 Å². The zero-order valence-electron chi connectivity index (χ0n) is 10.9. The molecule has 0 spiro atoms. The van der Waals surface area contributed by atoms with E-state index in [0.29, 0.717) is 23.2 Å². The van der Waals surface area contributed by atoms with E-state index in [-0.39, 0.29) is 5.82 Å². The number of carbonyl (C=O) groups excluding carboxylic acids is 1. The van der Waals surface area contributed by atoms with Gasteiger partial charge in [-0.05, 0) is 35.2 Å². The first-order chi connectivity index (χ1) is 10.1. The minimum Gasteiger partial charge on any atom is -0.480 e. The molecular weight excluding hydrogens is 342 g/mol. The Labute approximate surface area is 127 Å². The summed E-state index contributed by atoms with van der Waals surface area (Å²) >= 11 is 3.26. The molecule has 3 heterocycles. The van der Waals surface area contributed by atoms with Gasteiger partial charge in [-0.1, -0.05) is 0 Å². The minimum atomic E-state index is -0.993. The molecule has 9 heteroatoms. The van der Waals surface area contributed by atoms with E-state index in [1.165, 1.54) is 9.42 Å². The summed E-state index contributed by atoms with van der Waals surface area (Å²) in [6.07, 6.45) is 5.23. The molecule has 1 N–H and O–H groups in total. The third-order valence-corrected chi connectivity index (χ3v) is 3.81. The first-order valence-electron chi connectivity index (χ1n) is 6.48. The van der Waals surface area contributed by atoms with Crippen molar-refractivity contribution in [1.29, 1.82) is 0 Å². The van der Waals surface area contributed by atoms with Crippen LogP contribution in [0.3, 0.4) is 0 Å². The number of nitrogens with zero attached hydrogens (tertiary/aromatic N) is 5. The highest BCUT2D eigenvalue weighted by atomic mass is 79.9. The van der Waals surface area contributed by atoms with Gasteiger partial charge >= 0.3 is 5.97 Å². The lowest BCUT2D eigenvalue weighted by atomic mass is 10.0. The summed E-state index contributed by atoms with van der Waals surface area (Å²) in [7, 11) is 0. The van der Waals surface area contributed by atoms with Crippen LogP contribution in [0.1, 0.15) is 29.9 Å². The molecule has 3 rings (SSSR count). The second kappa shape index (κ2) is 5.40. The van der Waals surface area contributed by atoms with Crippen LogP contribution in [-0.4, -0.2) is 54.1 Å². The Morgan fingerprint density at radius 2 is 2.19 bits per heavy atom. The molecule has 1 fully saturated rings. The molecule has 21 heavy (non-hydrogen) atoms. The number of fused-ring (bicyclic) bond motifs is 1. The summed E-state index contributed by atoms with van der Waals surface area (Å²) in [6.45, 7) is 0.405. The minimum absolute atomic E-state index is 0.0336. The van der Waals surface area contributed by atoms with Gasteiger partial charge in [0.2, 0.25) is 5.82 Å². The molecule has 1 aliphatic heterocycles. The Morgan fingerprint density at radius 3 is 2.95 bits per heavy atom. The molecule has 0 radical (unpaired) electrons. The summed E-state index contributed by atoms with van der Waals surface area (Å²) in [6, 6.07) is -0.808. The van der Waals surface area contributed by atoms with Crippen molar-refractivity contribution >= 4 is 33.6 Å². The van der Waals surface area contributed by atoms with Crippen molar-refractivity contribution in [3.05, 3.63) is 22.7 Å². The maximum absolute atomic E-state index is 12.5. The molecule has 2 aromatic heterocycles. The normalized spacial score (nSPS) is 18.9. The third-order valence-electron chi connectivity index (χ3n) is 3.40. The van der Waals surface area contributed by atoms with E-state index in [1.807, 2.05) is 0 Å². The molecule has 110 valence electrons. The predicted octanol–water partition coefficient (Wildman–Crippen LogP) is 0.966. The smallest absolute Gasteiger partial charge is 0.326 e. The second-order valence-corrected chi connectivity index (χ2v) is 5.72. The van der Waals surface area contributed by atoms with Crippen molar-refractivity contribution in [2.24, 2.45) is 0 Å². The van der Waals surface area contributed by atoms with Gasteiger partial charge in [0.1, 0.15) is 6.04 Å². The average Bonchev–Trinajstić information content (AvgIpc) is 2.89. The van der Waals surface area contributed by atoms with Crippen molar-refractivity contribution < 1.29 is 14.7 Å². The Morgan fingerprint density at radius 1 is 1.38 bits per heavy atom. The van der Waals surface area contributed by atoms with Crippen molar-refractivity contribution in [2.45, 2.75) is 25.3 Å². The molecule has 8 nitrogen and oxygen atoms in total. The van der Waals surface area contributed by atoms with Gasteiger partial charge in [0.05, 0.1) is 4.47 Å². The van der Waals surface area contributed by atoms with Gasteiger partial charge in [-0.25, -0.2) is 14.3 Å². The van der Waals surface area contributed by atoms with E-state index in [0.717, 1.165) is 12.8 Å².